The number of benzene rings is 2. The zero-order chi connectivity index (χ0) is 19.6. The molecule has 0 aliphatic carbocycles. The topological polar surface area (TPSA) is 62.9 Å². The van der Waals surface area contributed by atoms with Crippen molar-refractivity contribution < 1.29 is 9.84 Å². The first-order valence-electron chi connectivity index (χ1n) is 9.81. The second-order valence-electron chi connectivity index (χ2n) is 7.16. The molecule has 2 aromatic heterocycles. The summed E-state index contributed by atoms with van der Waals surface area (Å²) in [5, 5.41) is 9.74. The van der Waals surface area contributed by atoms with Crippen molar-refractivity contribution in [1.82, 2.24) is 14.4 Å². The van der Waals surface area contributed by atoms with Crippen molar-refractivity contribution in [3.63, 3.8) is 0 Å². The molecule has 146 valence electrons. The lowest BCUT2D eigenvalue weighted by Gasteiger charge is -2.27. The zero-order valence-electron chi connectivity index (χ0n) is 16.0. The number of imidazole rings is 1. The number of rotatable bonds is 4. The smallest absolute Gasteiger partial charge is 0.181 e. The number of nitrogens with zero attached hydrogens (tertiary/aromatic N) is 4. The van der Waals surface area contributed by atoms with Crippen LogP contribution in [0.4, 0.5) is 5.82 Å². The van der Waals surface area contributed by atoms with E-state index in [0.717, 1.165) is 47.9 Å². The number of aromatic hydroxyl groups is 1. The zero-order valence-corrected chi connectivity index (χ0v) is 16.0. The molecule has 0 atom stereocenters. The second-order valence-corrected chi connectivity index (χ2v) is 7.16. The van der Waals surface area contributed by atoms with E-state index in [1.807, 2.05) is 42.7 Å². The Morgan fingerprint density at radius 2 is 1.72 bits per heavy atom. The molecule has 0 saturated carbocycles. The molecular weight excluding hydrogens is 364 g/mol. The van der Waals surface area contributed by atoms with Crippen molar-refractivity contribution in [3.05, 3.63) is 78.2 Å². The number of aromatic nitrogens is 3. The van der Waals surface area contributed by atoms with Crippen molar-refractivity contribution in [3.8, 4) is 17.0 Å². The number of morpholine rings is 1. The van der Waals surface area contributed by atoms with Gasteiger partial charge in [0.1, 0.15) is 5.75 Å². The van der Waals surface area contributed by atoms with Crippen LogP contribution in [-0.4, -0.2) is 45.8 Å². The van der Waals surface area contributed by atoms with Crippen LogP contribution in [0, 0.1) is 0 Å². The molecule has 3 heterocycles. The predicted octanol–water partition coefficient (Wildman–Crippen LogP) is 3.53. The maximum absolute atomic E-state index is 9.74. The minimum Gasteiger partial charge on any atom is -0.508 e. The highest BCUT2D eigenvalue weighted by atomic mass is 16.5. The van der Waals surface area contributed by atoms with Gasteiger partial charge in [-0.3, -0.25) is 4.40 Å². The summed E-state index contributed by atoms with van der Waals surface area (Å²) in [5.41, 5.74) is 5.09. The van der Waals surface area contributed by atoms with E-state index in [9.17, 15) is 5.11 Å². The molecule has 1 saturated heterocycles. The first-order chi connectivity index (χ1) is 14.3. The lowest BCUT2D eigenvalue weighted by Crippen LogP contribution is -2.37. The van der Waals surface area contributed by atoms with Crippen molar-refractivity contribution in [2.45, 2.75) is 6.42 Å². The van der Waals surface area contributed by atoms with E-state index in [4.69, 9.17) is 9.72 Å². The summed E-state index contributed by atoms with van der Waals surface area (Å²) >= 11 is 0. The van der Waals surface area contributed by atoms with Gasteiger partial charge in [0.15, 0.2) is 11.5 Å². The highest BCUT2D eigenvalue weighted by molar-refractivity contribution is 5.74. The molecule has 1 aliphatic rings. The van der Waals surface area contributed by atoms with Crippen molar-refractivity contribution in [2.24, 2.45) is 0 Å². The molecule has 1 fully saturated rings. The molecule has 4 aromatic rings. The first-order valence-corrected chi connectivity index (χ1v) is 9.81. The number of anilines is 1. The Hall–Kier alpha value is -3.38. The normalized spacial score (nSPS) is 14.4. The summed E-state index contributed by atoms with van der Waals surface area (Å²) in [4.78, 5) is 11.9. The summed E-state index contributed by atoms with van der Waals surface area (Å²) in [6.07, 6.45) is 4.51. The first kappa shape index (κ1) is 17.7. The lowest BCUT2D eigenvalue weighted by molar-refractivity contribution is 0.122. The summed E-state index contributed by atoms with van der Waals surface area (Å²) in [6, 6.07) is 17.6. The molecule has 0 bridgehead atoms. The summed E-state index contributed by atoms with van der Waals surface area (Å²) < 4.78 is 7.61. The van der Waals surface area contributed by atoms with Gasteiger partial charge in [-0.05, 0) is 29.8 Å². The molecule has 5 rings (SSSR count). The Morgan fingerprint density at radius 1 is 0.966 bits per heavy atom. The van der Waals surface area contributed by atoms with Gasteiger partial charge in [0, 0.05) is 37.5 Å². The molecule has 6 nitrogen and oxygen atoms in total. The molecule has 0 unspecified atom stereocenters. The quantitative estimate of drug-likeness (QED) is 0.581. The maximum Gasteiger partial charge on any atom is 0.181 e. The summed E-state index contributed by atoms with van der Waals surface area (Å²) in [5.74, 6) is 1.14. The Kier molecular flexibility index (Phi) is 4.62. The average molecular weight is 386 g/mol. The van der Waals surface area contributed by atoms with E-state index in [0.29, 0.717) is 13.2 Å². The van der Waals surface area contributed by atoms with Crippen LogP contribution in [-0.2, 0) is 11.2 Å². The number of fused-ring (bicyclic) bond motifs is 1. The number of hydrogen-bond acceptors (Lipinski definition) is 5. The molecule has 0 spiro atoms. The van der Waals surface area contributed by atoms with Crippen LogP contribution in [0.5, 0.6) is 5.75 Å². The van der Waals surface area contributed by atoms with Crippen LogP contribution in [0.15, 0.2) is 67.0 Å². The number of ether oxygens (including phenoxy) is 1. The van der Waals surface area contributed by atoms with Crippen LogP contribution in [0.3, 0.4) is 0 Å². The van der Waals surface area contributed by atoms with Crippen LogP contribution < -0.4 is 4.90 Å². The van der Waals surface area contributed by atoms with Crippen LogP contribution in [0.1, 0.15) is 11.3 Å². The molecular formula is C23H22N4O2. The minimum atomic E-state index is 0.253. The highest BCUT2D eigenvalue weighted by Crippen LogP contribution is 2.31. The van der Waals surface area contributed by atoms with Gasteiger partial charge < -0.3 is 14.7 Å². The molecule has 1 N–H and O–H groups in total. The van der Waals surface area contributed by atoms with Gasteiger partial charge in [0.05, 0.1) is 24.6 Å². The largest absolute Gasteiger partial charge is 0.508 e. The Balaban J connectivity index is 1.68. The van der Waals surface area contributed by atoms with Crippen LogP contribution >= 0.6 is 0 Å². The van der Waals surface area contributed by atoms with E-state index in [-0.39, 0.29) is 5.75 Å². The monoisotopic (exact) mass is 386 g/mol. The Bertz CT molecular complexity index is 1120. The molecule has 6 heteroatoms. The van der Waals surface area contributed by atoms with Gasteiger partial charge in [-0.2, -0.15) is 0 Å². The number of phenolic OH excluding ortho intramolecular Hbond substituents is 1. The minimum absolute atomic E-state index is 0.253. The molecule has 0 radical (unpaired) electrons. The van der Waals surface area contributed by atoms with Gasteiger partial charge in [-0.25, -0.2) is 9.97 Å². The van der Waals surface area contributed by atoms with Gasteiger partial charge >= 0.3 is 0 Å². The molecule has 0 amide bonds. The summed E-state index contributed by atoms with van der Waals surface area (Å²) in [6.45, 7) is 3.01. The second kappa shape index (κ2) is 7.56. The predicted molar refractivity (Wildman–Crippen MR) is 112 cm³/mol. The fourth-order valence-electron chi connectivity index (χ4n) is 3.85. The third-order valence-corrected chi connectivity index (χ3v) is 5.26. The molecule has 1 aliphatic heterocycles. The molecule has 2 aromatic carbocycles. The van der Waals surface area contributed by atoms with Crippen molar-refractivity contribution in [1.29, 1.82) is 0 Å². The third kappa shape index (κ3) is 3.43. The maximum atomic E-state index is 9.74. The Labute approximate surface area is 169 Å². The van der Waals surface area contributed by atoms with Gasteiger partial charge in [-0.15, -0.1) is 0 Å². The van der Waals surface area contributed by atoms with Gasteiger partial charge in [0.2, 0.25) is 0 Å². The third-order valence-electron chi connectivity index (χ3n) is 5.26. The van der Waals surface area contributed by atoms with E-state index < -0.39 is 0 Å². The fourth-order valence-corrected chi connectivity index (χ4v) is 3.85. The van der Waals surface area contributed by atoms with E-state index in [2.05, 4.69) is 26.4 Å². The highest BCUT2D eigenvalue weighted by Gasteiger charge is 2.21. The van der Waals surface area contributed by atoms with E-state index in [1.54, 1.807) is 12.1 Å². The number of phenols is 1. The summed E-state index contributed by atoms with van der Waals surface area (Å²) in [7, 11) is 0. The fraction of sp³-hybridized carbons (Fsp3) is 0.217. The van der Waals surface area contributed by atoms with Crippen molar-refractivity contribution in [2.75, 3.05) is 31.2 Å². The number of hydrogen-bond donors (Lipinski definition) is 1. The van der Waals surface area contributed by atoms with Crippen LogP contribution in [0.2, 0.25) is 0 Å². The lowest BCUT2D eigenvalue weighted by atomic mass is 10.0. The van der Waals surface area contributed by atoms with E-state index in [1.165, 1.54) is 5.56 Å². The Morgan fingerprint density at radius 3 is 2.48 bits per heavy atom. The van der Waals surface area contributed by atoms with Crippen molar-refractivity contribution >= 4 is 11.5 Å². The van der Waals surface area contributed by atoms with Crippen LogP contribution in [0.25, 0.3) is 16.9 Å². The standard InChI is InChI=1S/C23H22N4O2/c28-19-8-6-18(7-9-19)21-20(16-17-4-2-1-3-5-17)25-23-22(24-10-11-27(21)23)26-12-14-29-15-13-26/h1-11,28H,12-16H2. The average Bonchev–Trinajstić information content (AvgIpc) is 3.13. The SMILES string of the molecule is Oc1ccc(-c2c(Cc3ccccc3)nc3c(N4CCOCC4)nccn23)cc1. The van der Waals surface area contributed by atoms with E-state index >= 15 is 0 Å². The van der Waals surface area contributed by atoms with Gasteiger partial charge in [0.25, 0.3) is 0 Å². The molecule has 29 heavy (non-hydrogen) atoms. The van der Waals surface area contributed by atoms with Gasteiger partial charge in [-0.1, -0.05) is 30.3 Å².